The summed E-state index contributed by atoms with van der Waals surface area (Å²) in [5, 5.41) is 0. The fraction of sp³-hybridized carbons (Fsp3) is 0.560. The summed E-state index contributed by atoms with van der Waals surface area (Å²) in [5.41, 5.74) is 1.97. The fourth-order valence-electron chi connectivity index (χ4n) is 4.16. The summed E-state index contributed by atoms with van der Waals surface area (Å²) >= 11 is 0. The first-order chi connectivity index (χ1) is 15.3. The standard InChI is InChI=1S/C25H37N5O2/c1-20(2)18-25(32)30-13-7-12-27(4)16-17-29(19-22-8-5-6-9-23(22)30)24(31)10-14-28-15-11-26-21(28)3/h5-6,8-9,11,15,20H,7,10,12-14,16-19H2,1-4H3. The van der Waals surface area contributed by atoms with E-state index in [4.69, 9.17) is 0 Å². The van der Waals surface area contributed by atoms with Gasteiger partial charge < -0.3 is 19.3 Å². The van der Waals surface area contributed by atoms with Crippen LogP contribution in [0.2, 0.25) is 0 Å². The highest BCUT2D eigenvalue weighted by molar-refractivity contribution is 5.94. The number of para-hydroxylation sites is 1. The second-order valence-corrected chi connectivity index (χ2v) is 9.16. The maximum atomic E-state index is 13.2. The number of aryl methyl sites for hydroxylation is 2. The Morgan fingerprint density at radius 2 is 1.84 bits per heavy atom. The van der Waals surface area contributed by atoms with Crippen LogP contribution in [-0.2, 0) is 22.7 Å². The van der Waals surface area contributed by atoms with E-state index in [0.29, 0.717) is 44.9 Å². The van der Waals surface area contributed by atoms with E-state index in [1.807, 2.05) is 51.8 Å². The van der Waals surface area contributed by atoms with Gasteiger partial charge in [0.1, 0.15) is 5.82 Å². The number of rotatable bonds is 5. The molecule has 0 saturated carbocycles. The molecule has 0 aliphatic carbocycles. The lowest BCUT2D eigenvalue weighted by Gasteiger charge is -2.28. The van der Waals surface area contributed by atoms with Gasteiger partial charge in [0.2, 0.25) is 11.8 Å². The minimum atomic E-state index is 0.126. The van der Waals surface area contributed by atoms with E-state index in [-0.39, 0.29) is 11.8 Å². The molecule has 0 radical (unpaired) electrons. The Kier molecular flexibility index (Phi) is 8.45. The normalized spacial score (nSPS) is 16.0. The predicted molar refractivity (Wildman–Crippen MR) is 127 cm³/mol. The molecule has 2 heterocycles. The number of hydrogen-bond donors (Lipinski definition) is 0. The SMILES string of the molecule is Cc1nccn1CCC(=O)N1CCN(C)CCCN(C(=O)CC(C)C)c2ccccc2C1. The lowest BCUT2D eigenvalue weighted by Crippen LogP contribution is -2.37. The van der Waals surface area contributed by atoms with E-state index < -0.39 is 0 Å². The molecule has 0 bridgehead atoms. The van der Waals surface area contributed by atoms with Crippen LogP contribution in [0.4, 0.5) is 5.69 Å². The van der Waals surface area contributed by atoms with Crippen molar-refractivity contribution in [1.29, 1.82) is 0 Å². The first kappa shape index (κ1) is 24.0. The molecule has 2 amide bonds. The van der Waals surface area contributed by atoms with Gasteiger partial charge in [0.05, 0.1) is 0 Å². The zero-order chi connectivity index (χ0) is 23.1. The molecule has 7 nitrogen and oxygen atoms in total. The van der Waals surface area contributed by atoms with Crippen LogP contribution in [0.15, 0.2) is 36.7 Å². The average Bonchev–Trinajstić information content (AvgIpc) is 3.15. The first-order valence-electron chi connectivity index (χ1n) is 11.7. The molecular formula is C25H37N5O2. The zero-order valence-electron chi connectivity index (χ0n) is 20.0. The Bertz CT molecular complexity index is 907. The highest BCUT2D eigenvalue weighted by atomic mass is 16.2. The zero-order valence-corrected chi connectivity index (χ0v) is 20.0. The average molecular weight is 440 g/mol. The minimum absolute atomic E-state index is 0.126. The summed E-state index contributed by atoms with van der Waals surface area (Å²) < 4.78 is 2.01. The summed E-state index contributed by atoms with van der Waals surface area (Å²) in [6.07, 6.45) is 5.54. The highest BCUT2D eigenvalue weighted by Crippen LogP contribution is 2.25. The molecular weight excluding hydrogens is 402 g/mol. The van der Waals surface area contributed by atoms with Gasteiger partial charge in [-0.15, -0.1) is 0 Å². The van der Waals surface area contributed by atoms with E-state index in [2.05, 4.69) is 30.8 Å². The number of benzene rings is 1. The molecule has 1 aliphatic heterocycles. The van der Waals surface area contributed by atoms with Crippen LogP contribution in [-0.4, -0.2) is 64.4 Å². The van der Waals surface area contributed by atoms with E-state index in [9.17, 15) is 9.59 Å². The molecule has 0 atom stereocenters. The molecule has 1 aromatic heterocycles. The monoisotopic (exact) mass is 439 g/mol. The van der Waals surface area contributed by atoms with E-state index in [0.717, 1.165) is 36.6 Å². The van der Waals surface area contributed by atoms with Crippen LogP contribution in [0.3, 0.4) is 0 Å². The summed E-state index contributed by atoms with van der Waals surface area (Å²) in [4.78, 5) is 36.7. The smallest absolute Gasteiger partial charge is 0.227 e. The lowest BCUT2D eigenvalue weighted by molar-refractivity contribution is -0.132. The Hall–Kier alpha value is -2.67. The molecule has 2 aromatic rings. The first-order valence-corrected chi connectivity index (χ1v) is 11.7. The van der Waals surface area contributed by atoms with Gasteiger partial charge in [0, 0.05) is 63.6 Å². The number of anilines is 1. The predicted octanol–water partition coefficient (Wildman–Crippen LogP) is 3.33. The Morgan fingerprint density at radius 3 is 2.56 bits per heavy atom. The van der Waals surface area contributed by atoms with Crippen molar-refractivity contribution >= 4 is 17.5 Å². The van der Waals surface area contributed by atoms with Crippen LogP contribution in [0.25, 0.3) is 0 Å². The van der Waals surface area contributed by atoms with Crippen molar-refractivity contribution in [3.05, 3.63) is 48.0 Å². The minimum Gasteiger partial charge on any atom is -0.337 e. The number of aromatic nitrogens is 2. The van der Waals surface area contributed by atoms with Gasteiger partial charge in [-0.1, -0.05) is 32.0 Å². The summed E-state index contributed by atoms with van der Waals surface area (Å²) in [7, 11) is 2.09. The van der Waals surface area contributed by atoms with Crippen LogP contribution in [0.1, 0.15) is 44.5 Å². The number of fused-ring (bicyclic) bond motifs is 1. The Morgan fingerprint density at radius 1 is 1.06 bits per heavy atom. The second kappa shape index (κ2) is 11.3. The van der Waals surface area contributed by atoms with Crippen LogP contribution >= 0.6 is 0 Å². The number of likely N-dealkylation sites (N-methyl/N-ethyl adjacent to an activating group) is 1. The maximum Gasteiger partial charge on any atom is 0.227 e. The molecule has 0 fully saturated rings. The number of imidazole rings is 1. The van der Waals surface area contributed by atoms with Gasteiger partial charge >= 0.3 is 0 Å². The molecule has 0 N–H and O–H groups in total. The molecule has 0 saturated heterocycles. The van der Waals surface area contributed by atoms with Crippen molar-refractivity contribution in [3.8, 4) is 0 Å². The molecule has 7 heteroatoms. The summed E-state index contributed by atoms with van der Waals surface area (Å²) in [6.45, 7) is 10.3. The van der Waals surface area contributed by atoms with Crippen molar-refractivity contribution in [1.82, 2.24) is 19.4 Å². The van der Waals surface area contributed by atoms with Crippen LogP contribution in [0, 0.1) is 12.8 Å². The third kappa shape index (κ3) is 6.42. The van der Waals surface area contributed by atoms with Crippen molar-refractivity contribution in [3.63, 3.8) is 0 Å². The van der Waals surface area contributed by atoms with Crippen molar-refractivity contribution in [2.45, 2.75) is 53.1 Å². The molecule has 174 valence electrons. The van der Waals surface area contributed by atoms with Crippen molar-refractivity contribution < 1.29 is 9.59 Å². The van der Waals surface area contributed by atoms with Gasteiger partial charge in [0.25, 0.3) is 0 Å². The van der Waals surface area contributed by atoms with Gasteiger partial charge in [0.15, 0.2) is 0 Å². The fourth-order valence-corrected chi connectivity index (χ4v) is 4.16. The second-order valence-electron chi connectivity index (χ2n) is 9.16. The highest BCUT2D eigenvalue weighted by Gasteiger charge is 2.23. The third-order valence-electron chi connectivity index (χ3n) is 6.04. The summed E-state index contributed by atoms with van der Waals surface area (Å²) in [6, 6.07) is 8.04. The number of amides is 2. The van der Waals surface area contributed by atoms with Gasteiger partial charge in [-0.2, -0.15) is 0 Å². The van der Waals surface area contributed by atoms with Crippen molar-refractivity contribution in [2.75, 3.05) is 38.1 Å². The van der Waals surface area contributed by atoms with Gasteiger partial charge in [-0.25, -0.2) is 4.98 Å². The van der Waals surface area contributed by atoms with Crippen LogP contribution in [0.5, 0.6) is 0 Å². The number of carbonyl (C=O) groups excluding carboxylic acids is 2. The lowest BCUT2D eigenvalue weighted by atomic mass is 10.1. The maximum absolute atomic E-state index is 13.2. The molecule has 3 rings (SSSR count). The van der Waals surface area contributed by atoms with E-state index >= 15 is 0 Å². The Labute approximate surface area is 192 Å². The van der Waals surface area contributed by atoms with Crippen molar-refractivity contribution in [2.24, 2.45) is 5.92 Å². The number of nitrogens with zero attached hydrogens (tertiary/aromatic N) is 5. The molecule has 1 aromatic carbocycles. The van der Waals surface area contributed by atoms with E-state index in [1.54, 1.807) is 6.20 Å². The molecule has 0 spiro atoms. The molecule has 32 heavy (non-hydrogen) atoms. The quantitative estimate of drug-likeness (QED) is 0.717. The largest absolute Gasteiger partial charge is 0.337 e. The van der Waals surface area contributed by atoms with E-state index in [1.165, 1.54) is 0 Å². The van der Waals surface area contributed by atoms with Gasteiger partial charge in [-0.05, 0) is 44.5 Å². The number of hydrogen-bond acceptors (Lipinski definition) is 4. The molecule has 1 aliphatic rings. The van der Waals surface area contributed by atoms with Crippen LogP contribution < -0.4 is 4.90 Å². The molecule has 0 unspecified atom stereocenters. The number of carbonyl (C=O) groups is 2. The topological polar surface area (TPSA) is 61.7 Å². The van der Waals surface area contributed by atoms with Gasteiger partial charge in [-0.3, -0.25) is 9.59 Å². The third-order valence-corrected chi connectivity index (χ3v) is 6.04. The summed E-state index contributed by atoms with van der Waals surface area (Å²) in [5.74, 6) is 1.50. The Balaban J connectivity index is 1.84.